The van der Waals surface area contributed by atoms with Crippen LogP contribution in [0.4, 0.5) is 0 Å². The van der Waals surface area contributed by atoms with Crippen LogP contribution in [0.2, 0.25) is 0 Å². The Morgan fingerprint density at radius 2 is 1.73 bits per heavy atom. The van der Waals surface area contributed by atoms with Crippen LogP contribution in [0, 0.1) is 17.3 Å². The van der Waals surface area contributed by atoms with Crippen LogP contribution in [0.25, 0.3) is 0 Å². The second-order valence-corrected chi connectivity index (χ2v) is 13.4. The van der Waals surface area contributed by atoms with E-state index in [0.717, 1.165) is 11.1 Å². The summed E-state index contributed by atoms with van der Waals surface area (Å²) in [5.41, 5.74) is -1.61. The number of carbonyl (C=O) groups excluding carboxylic acids is 2. The van der Waals surface area contributed by atoms with E-state index in [1.807, 2.05) is 65.8 Å². The molecule has 4 bridgehead atoms. The molecule has 5 aliphatic rings. The summed E-state index contributed by atoms with van der Waals surface area (Å²) in [5.74, 6) is -0.758. The fraction of sp³-hybridized carbons (Fsp3) is 0.529. The van der Waals surface area contributed by atoms with E-state index in [9.17, 15) is 19.8 Å². The van der Waals surface area contributed by atoms with Gasteiger partial charge in [-0.2, -0.15) is 0 Å². The van der Waals surface area contributed by atoms with Crippen LogP contribution in [0.1, 0.15) is 90.6 Å². The van der Waals surface area contributed by atoms with Gasteiger partial charge in [0.25, 0.3) is 0 Å². The summed E-state index contributed by atoms with van der Waals surface area (Å²) in [6, 6.07) is 1.22. The van der Waals surface area contributed by atoms with Crippen LogP contribution >= 0.6 is 0 Å². The zero-order valence-corrected chi connectivity index (χ0v) is 25.0. The van der Waals surface area contributed by atoms with Crippen molar-refractivity contribution in [2.24, 2.45) is 17.3 Å². The van der Waals surface area contributed by atoms with Gasteiger partial charge in [0.15, 0.2) is 22.8 Å². The van der Waals surface area contributed by atoms with Gasteiger partial charge < -0.3 is 19.7 Å². The molecule has 2 aliphatic heterocycles. The third kappa shape index (κ3) is 3.78. The van der Waals surface area contributed by atoms with Crippen LogP contribution in [0.15, 0.2) is 53.2 Å². The Morgan fingerprint density at radius 1 is 1.05 bits per heavy atom. The molecule has 2 N–H and O–H groups in total. The van der Waals surface area contributed by atoms with Crippen molar-refractivity contribution in [3.05, 3.63) is 64.3 Å². The normalized spacial score (nSPS) is 31.1. The zero-order valence-electron chi connectivity index (χ0n) is 25.0. The van der Waals surface area contributed by atoms with Gasteiger partial charge in [0.1, 0.15) is 22.8 Å². The summed E-state index contributed by atoms with van der Waals surface area (Å²) >= 11 is 0. The fourth-order valence-electron chi connectivity index (χ4n) is 7.41. The van der Waals surface area contributed by atoms with Crippen molar-refractivity contribution in [2.45, 2.75) is 97.9 Å². The van der Waals surface area contributed by atoms with E-state index >= 15 is 0 Å². The largest absolute Gasteiger partial charge is 0.507 e. The van der Waals surface area contributed by atoms with E-state index < -0.39 is 22.2 Å². The standard InChI is InChI=1S/C34H42O6/c1-19(2)10-9-14-32-17-23-28(37)27-25(36)16-24(35)22(12-11-20(3)4)29(27)39-34(23)26(18-32)31(7,8)40-33(34,30(32)38)15-13-21(5)6/h9-11,13,16-17,19,26,35-36H,12,14-15,18H2,1-8H3/b10-9+/t26?,32-,33-,34+/m1/s1. The van der Waals surface area contributed by atoms with E-state index in [1.54, 1.807) is 0 Å². The quantitative estimate of drug-likeness (QED) is 0.360. The lowest BCUT2D eigenvalue weighted by atomic mass is 9.45. The van der Waals surface area contributed by atoms with Crippen LogP contribution in [-0.4, -0.2) is 38.6 Å². The van der Waals surface area contributed by atoms with Gasteiger partial charge in [0, 0.05) is 29.5 Å². The number of ether oxygens (including phenoxy) is 2. The average Bonchev–Trinajstić information content (AvgIpc) is 3.00. The van der Waals surface area contributed by atoms with E-state index in [4.69, 9.17) is 9.47 Å². The second kappa shape index (κ2) is 9.20. The second-order valence-electron chi connectivity index (χ2n) is 13.4. The molecule has 1 saturated carbocycles. The number of hydrogen-bond donors (Lipinski definition) is 2. The number of phenolic OH excluding ortho intramolecular Hbond substituents is 2. The third-order valence-corrected chi connectivity index (χ3v) is 9.17. The monoisotopic (exact) mass is 546 g/mol. The Labute approximate surface area is 237 Å². The molecule has 1 spiro atoms. The van der Waals surface area contributed by atoms with Crippen molar-refractivity contribution in [1.29, 1.82) is 0 Å². The number of fused-ring (bicyclic) bond motifs is 1. The van der Waals surface area contributed by atoms with Crippen molar-refractivity contribution in [3.8, 4) is 17.2 Å². The molecule has 6 heteroatoms. The number of benzene rings is 1. The maximum absolute atomic E-state index is 14.8. The maximum Gasteiger partial charge on any atom is 0.200 e. The van der Waals surface area contributed by atoms with Crippen molar-refractivity contribution < 1.29 is 29.3 Å². The first-order valence-electron chi connectivity index (χ1n) is 14.3. The molecule has 6 nitrogen and oxygen atoms in total. The van der Waals surface area contributed by atoms with E-state index in [2.05, 4.69) is 19.9 Å². The highest BCUT2D eigenvalue weighted by molar-refractivity contribution is 6.19. The molecule has 214 valence electrons. The Kier molecular flexibility index (Phi) is 6.53. The van der Waals surface area contributed by atoms with Crippen molar-refractivity contribution in [1.82, 2.24) is 0 Å². The predicted molar refractivity (Wildman–Crippen MR) is 155 cm³/mol. The predicted octanol–water partition coefficient (Wildman–Crippen LogP) is 6.94. The number of allylic oxidation sites excluding steroid dienone is 6. The first-order chi connectivity index (χ1) is 18.6. The lowest BCUT2D eigenvalue weighted by Crippen LogP contribution is -2.74. The third-order valence-electron chi connectivity index (χ3n) is 9.17. The molecule has 1 unspecified atom stereocenters. The summed E-state index contributed by atoms with van der Waals surface area (Å²) in [6.45, 7) is 16.0. The van der Waals surface area contributed by atoms with E-state index in [-0.39, 0.29) is 46.7 Å². The first kappa shape index (κ1) is 28.4. The van der Waals surface area contributed by atoms with Gasteiger partial charge in [-0.3, -0.25) is 9.59 Å². The van der Waals surface area contributed by atoms with Crippen LogP contribution < -0.4 is 4.74 Å². The first-order valence-corrected chi connectivity index (χ1v) is 14.3. The maximum atomic E-state index is 14.8. The fourth-order valence-corrected chi connectivity index (χ4v) is 7.41. The summed E-state index contributed by atoms with van der Waals surface area (Å²) in [4.78, 5) is 29.3. The van der Waals surface area contributed by atoms with E-state index in [1.165, 1.54) is 6.07 Å². The number of carbonyl (C=O) groups is 2. The van der Waals surface area contributed by atoms with Gasteiger partial charge in [-0.1, -0.05) is 55.4 Å². The molecule has 40 heavy (non-hydrogen) atoms. The van der Waals surface area contributed by atoms with E-state index in [0.29, 0.717) is 36.3 Å². The Hall–Kier alpha value is -3.12. The van der Waals surface area contributed by atoms with Crippen LogP contribution in [-0.2, 0) is 16.0 Å². The summed E-state index contributed by atoms with van der Waals surface area (Å²) < 4.78 is 13.8. The zero-order chi connectivity index (χ0) is 29.4. The Bertz CT molecular complexity index is 1410. The molecular weight excluding hydrogens is 504 g/mol. The number of Topliss-reactive ketones (excluding diaryl/α,β-unsaturated/α-hetero) is 2. The molecular formula is C34H42O6. The minimum atomic E-state index is -1.44. The van der Waals surface area contributed by atoms with Gasteiger partial charge in [0.05, 0.1) is 11.0 Å². The van der Waals surface area contributed by atoms with Gasteiger partial charge >= 0.3 is 0 Å². The molecule has 1 aromatic rings. The molecule has 6 rings (SSSR count). The smallest absolute Gasteiger partial charge is 0.200 e. The number of hydrogen-bond acceptors (Lipinski definition) is 6. The molecule has 2 heterocycles. The number of ketones is 2. The van der Waals surface area contributed by atoms with Gasteiger partial charge in [-0.25, -0.2) is 0 Å². The highest BCUT2D eigenvalue weighted by Crippen LogP contribution is 2.71. The molecule has 1 aromatic carbocycles. The van der Waals surface area contributed by atoms with Crippen molar-refractivity contribution in [2.75, 3.05) is 0 Å². The lowest BCUT2D eigenvalue weighted by molar-refractivity contribution is -0.178. The highest BCUT2D eigenvalue weighted by Gasteiger charge is 2.83. The molecule has 0 aromatic heterocycles. The number of aromatic hydroxyl groups is 2. The molecule has 2 fully saturated rings. The van der Waals surface area contributed by atoms with Crippen molar-refractivity contribution >= 4 is 11.6 Å². The van der Waals surface area contributed by atoms with Crippen LogP contribution in [0.5, 0.6) is 17.2 Å². The SMILES string of the molecule is CC(C)=CCc1c(O)cc(O)c2c1O[C@@]13C(=C[C@]4(C/C=C/C(C)C)CC1C(C)(C)O[C@]3(CC=C(C)C)C4=O)C2=O. The minimum absolute atomic E-state index is 0.0364. The molecule has 3 aliphatic carbocycles. The van der Waals surface area contributed by atoms with Crippen LogP contribution in [0.3, 0.4) is 0 Å². The summed E-state index contributed by atoms with van der Waals surface area (Å²) in [7, 11) is 0. The molecule has 1 saturated heterocycles. The topological polar surface area (TPSA) is 93.1 Å². The Morgan fingerprint density at radius 3 is 2.35 bits per heavy atom. The van der Waals surface area contributed by atoms with Gasteiger partial charge in [-0.05, 0) is 66.7 Å². The number of phenols is 2. The van der Waals surface area contributed by atoms with Gasteiger partial charge in [0.2, 0.25) is 0 Å². The summed E-state index contributed by atoms with van der Waals surface area (Å²) in [6.07, 6.45) is 11.4. The summed E-state index contributed by atoms with van der Waals surface area (Å²) in [5, 5.41) is 21.9. The molecule has 4 atom stereocenters. The van der Waals surface area contributed by atoms with Gasteiger partial charge in [-0.15, -0.1) is 0 Å². The Balaban J connectivity index is 1.83. The molecule has 0 amide bonds. The van der Waals surface area contributed by atoms with Crippen molar-refractivity contribution in [3.63, 3.8) is 0 Å². The highest BCUT2D eigenvalue weighted by atomic mass is 16.6. The molecule has 0 radical (unpaired) electrons. The number of rotatable bonds is 7. The average molecular weight is 547 g/mol. The lowest BCUT2D eigenvalue weighted by Gasteiger charge is -2.59. The minimum Gasteiger partial charge on any atom is -0.507 e.